The number of nitrogens with one attached hydrogen (secondary N) is 1. The van der Waals surface area contributed by atoms with Gasteiger partial charge in [0.25, 0.3) is 0 Å². The van der Waals surface area contributed by atoms with Gasteiger partial charge in [0, 0.05) is 13.6 Å². The Kier molecular flexibility index (Phi) is 5.56. The van der Waals surface area contributed by atoms with Gasteiger partial charge in [-0.3, -0.25) is 0 Å². The molecular weight excluding hydrogens is 144 g/mol. The SMILES string of the molecule is CNCCCN(C)C(=O)OC. The molecule has 1 N–H and O–H groups in total. The molecule has 0 spiro atoms. The predicted octanol–water partition coefficient (Wildman–Crippen LogP) is 0.294. The van der Waals surface area contributed by atoms with Crippen LogP contribution in [0.15, 0.2) is 0 Å². The van der Waals surface area contributed by atoms with Gasteiger partial charge < -0.3 is 15.0 Å². The van der Waals surface area contributed by atoms with E-state index in [4.69, 9.17) is 0 Å². The summed E-state index contributed by atoms with van der Waals surface area (Å²) in [5, 5.41) is 3.00. The monoisotopic (exact) mass is 160 g/mol. The van der Waals surface area contributed by atoms with Gasteiger partial charge in [-0.15, -0.1) is 0 Å². The third kappa shape index (κ3) is 4.61. The molecule has 0 atom stereocenters. The first-order valence-electron chi connectivity index (χ1n) is 3.66. The largest absolute Gasteiger partial charge is 0.453 e. The average Bonchev–Trinajstić information content (AvgIpc) is 2.03. The number of amides is 1. The van der Waals surface area contributed by atoms with Gasteiger partial charge in [-0.1, -0.05) is 0 Å². The zero-order valence-corrected chi connectivity index (χ0v) is 7.39. The molecule has 0 unspecified atom stereocenters. The molecule has 0 saturated carbocycles. The maximum atomic E-state index is 10.8. The summed E-state index contributed by atoms with van der Waals surface area (Å²) in [4.78, 5) is 12.3. The number of rotatable bonds is 4. The molecule has 0 bridgehead atoms. The van der Waals surface area contributed by atoms with Gasteiger partial charge in [0.05, 0.1) is 7.11 Å². The molecule has 0 aliphatic carbocycles. The summed E-state index contributed by atoms with van der Waals surface area (Å²) in [7, 11) is 5.00. The molecule has 0 saturated heterocycles. The summed E-state index contributed by atoms with van der Waals surface area (Å²) in [6, 6.07) is 0. The fourth-order valence-electron chi connectivity index (χ4n) is 0.740. The van der Waals surface area contributed by atoms with Crippen molar-refractivity contribution in [2.45, 2.75) is 6.42 Å². The highest BCUT2D eigenvalue weighted by Gasteiger charge is 2.05. The fourth-order valence-corrected chi connectivity index (χ4v) is 0.740. The summed E-state index contributed by atoms with van der Waals surface area (Å²) in [6.45, 7) is 1.65. The molecule has 11 heavy (non-hydrogen) atoms. The molecule has 0 heterocycles. The van der Waals surface area contributed by atoms with Crippen LogP contribution in [-0.2, 0) is 4.74 Å². The maximum Gasteiger partial charge on any atom is 0.409 e. The minimum Gasteiger partial charge on any atom is -0.453 e. The molecule has 1 amide bonds. The van der Waals surface area contributed by atoms with Gasteiger partial charge in [-0.25, -0.2) is 4.79 Å². The molecular formula is C7H16N2O2. The summed E-state index contributed by atoms with van der Waals surface area (Å²) in [6.07, 6.45) is 0.670. The minimum atomic E-state index is -0.277. The van der Waals surface area contributed by atoms with Crippen LogP contribution < -0.4 is 5.32 Å². The zero-order chi connectivity index (χ0) is 8.69. The number of ether oxygens (including phenoxy) is 1. The van der Waals surface area contributed by atoms with Crippen molar-refractivity contribution in [2.75, 3.05) is 34.3 Å². The third-order valence-electron chi connectivity index (χ3n) is 1.41. The van der Waals surface area contributed by atoms with Gasteiger partial charge in [-0.2, -0.15) is 0 Å². The molecule has 0 fully saturated rings. The van der Waals surface area contributed by atoms with E-state index in [0.717, 1.165) is 19.5 Å². The molecule has 4 nitrogen and oxygen atoms in total. The Labute approximate surface area is 67.5 Å². The number of carbonyl (C=O) groups is 1. The number of hydrogen-bond donors (Lipinski definition) is 1. The van der Waals surface area contributed by atoms with Gasteiger partial charge in [0.15, 0.2) is 0 Å². The lowest BCUT2D eigenvalue weighted by atomic mass is 10.4. The molecule has 0 aliphatic heterocycles. The number of hydrogen-bond acceptors (Lipinski definition) is 3. The first-order valence-corrected chi connectivity index (χ1v) is 3.66. The van der Waals surface area contributed by atoms with E-state index in [-0.39, 0.29) is 6.09 Å². The van der Waals surface area contributed by atoms with E-state index in [9.17, 15) is 4.79 Å². The maximum absolute atomic E-state index is 10.8. The Bertz CT molecular complexity index is 117. The van der Waals surface area contributed by atoms with Crippen molar-refractivity contribution in [3.63, 3.8) is 0 Å². The second kappa shape index (κ2) is 5.97. The molecule has 0 aromatic heterocycles. The Morgan fingerprint density at radius 2 is 2.27 bits per heavy atom. The molecule has 0 aromatic carbocycles. The second-order valence-electron chi connectivity index (χ2n) is 2.35. The highest BCUT2D eigenvalue weighted by Crippen LogP contribution is 1.89. The van der Waals surface area contributed by atoms with Crippen molar-refractivity contribution < 1.29 is 9.53 Å². The van der Waals surface area contributed by atoms with Gasteiger partial charge in [0.1, 0.15) is 0 Å². The van der Waals surface area contributed by atoms with Crippen LogP contribution in [0.4, 0.5) is 4.79 Å². The van der Waals surface area contributed by atoms with Crippen molar-refractivity contribution in [3.05, 3.63) is 0 Å². The smallest absolute Gasteiger partial charge is 0.409 e. The lowest BCUT2D eigenvalue weighted by molar-refractivity contribution is 0.133. The van der Waals surface area contributed by atoms with Crippen molar-refractivity contribution in [1.82, 2.24) is 10.2 Å². The van der Waals surface area contributed by atoms with Crippen LogP contribution >= 0.6 is 0 Å². The van der Waals surface area contributed by atoms with Gasteiger partial charge in [0.2, 0.25) is 0 Å². The van der Waals surface area contributed by atoms with E-state index in [1.807, 2.05) is 7.05 Å². The number of nitrogens with zero attached hydrogens (tertiary/aromatic N) is 1. The second-order valence-corrected chi connectivity index (χ2v) is 2.35. The minimum absolute atomic E-state index is 0.277. The van der Waals surface area contributed by atoms with Crippen LogP contribution in [0.2, 0.25) is 0 Å². The average molecular weight is 160 g/mol. The Morgan fingerprint density at radius 3 is 2.73 bits per heavy atom. The van der Waals surface area contributed by atoms with Crippen LogP contribution in [0.3, 0.4) is 0 Å². The standard InChI is InChI=1S/C7H16N2O2/c1-8-5-4-6-9(2)7(10)11-3/h8H,4-6H2,1-3H3. The Balaban J connectivity index is 3.36. The van der Waals surface area contributed by atoms with Crippen molar-refractivity contribution in [1.29, 1.82) is 0 Å². The van der Waals surface area contributed by atoms with Crippen LogP contribution in [-0.4, -0.2) is 45.3 Å². The lowest BCUT2D eigenvalue weighted by Gasteiger charge is -2.14. The highest BCUT2D eigenvalue weighted by atomic mass is 16.5. The molecule has 0 aliphatic rings. The first-order chi connectivity index (χ1) is 5.22. The van der Waals surface area contributed by atoms with Gasteiger partial charge >= 0.3 is 6.09 Å². The summed E-state index contributed by atoms with van der Waals surface area (Å²) < 4.78 is 4.51. The molecule has 4 heteroatoms. The molecule has 66 valence electrons. The van der Waals surface area contributed by atoms with E-state index in [0.29, 0.717) is 0 Å². The fraction of sp³-hybridized carbons (Fsp3) is 0.857. The molecule has 0 aromatic rings. The predicted molar refractivity (Wildman–Crippen MR) is 43.6 cm³/mol. The zero-order valence-electron chi connectivity index (χ0n) is 7.39. The van der Waals surface area contributed by atoms with E-state index in [2.05, 4.69) is 10.1 Å². The Hall–Kier alpha value is -0.770. The van der Waals surface area contributed by atoms with E-state index < -0.39 is 0 Å². The quantitative estimate of drug-likeness (QED) is 0.601. The van der Waals surface area contributed by atoms with E-state index in [1.54, 1.807) is 11.9 Å². The van der Waals surface area contributed by atoms with Crippen LogP contribution in [0, 0.1) is 0 Å². The normalized spacial score (nSPS) is 9.36. The van der Waals surface area contributed by atoms with Crippen molar-refractivity contribution >= 4 is 6.09 Å². The number of carbonyl (C=O) groups excluding carboxylic acids is 1. The van der Waals surface area contributed by atoms with Crippen molar-refractivity contribution in [3.8, 4) is 0 Å². The van der Waals surface area contributed by atoms with E-state index in [1.165, 1.54) is 7.11 Å². The van der Waals surface area contributed by atoms with Crippen LogP contribution in [0.1, 0.15) is 6.42 Å². The third-order valence-corrected chi connectivity index (χ3v) is 1.41. The molecule has 0 rings (SSSR count). The van der Waals surface area contributed by atoms with Gasteiger partial charge in [-0.05, 0) is 20.0 Å². The highest BCUT2D eigenvalue weighted by molar-refractivity contribution is 5.66. The van der Waals surface area contributed by atoms with Crippen LogP contribution in [0.5, 0.6) is 0 Å². The summed E-state index contributed by atoms with van der Waals surface area (Å²) in [5.74, 6) is 0. The van der Waals surface area contributed by atoms with E-state index >= 15 is 0 Å². The first kappa shape index (κ1) is 10.2. The lowest BCUT2D eigenvalue weighted by Crippen LogP contribution is -2.29. The topological polar surface area (TPSA) is 41.6 Å². The van der Waals surface area contributed by atoms with Crippen LogP contribution in [0.25, 0.3) is 0 Å². The summed E-state index contributed by atoms with van der Waals surface area (Å²) >= 11 is 0. The van der Waals surface area contributed by atoms with Crippen molar-refractivity contribution in [2.24, 2.45) is 0 Å². The Morgan fingerprint density at radius 1 is 1.64 bits per heavy atom. The number of methoxy groups -OCH3 is 1. The summed E-state index contributed by atoms with van der Waals surface area (Å²) in [5.41, 5.74) is 0. The molecule has 0 radical (unpaired) electrons.